The van der Waals surface area contributed by atoms with Gasteiger partial charge in [0.2, 0.25) is 0 Å². The molecule has 0 atom stereocenters. The van der Waals surface area contributed by atoms with Crippen LogP contribution < -0.4 is 0 Å². The monoisotopic (exact) mass is 274 g/mol. The molecule has 0 aromatic carbocycles. The van der Waals surface area contributed by atoms with Crippen molar-refractivity contribution in [1.82, 2.24) is 9.97 Å². The summed E-state index contributed by atoms with van der Waals surface area (Å²) in [5.74, 6) is 0. The zero-order valence-corrected chi connectivity index (χ0v) is 5.71. The first kappa shape index (κ1) is 6.77. The fourth-order valence-corrected chi connectivity index (χ4v) is 0.225. The van der Waals surface area contributed by atoms with E-state index in [9.17, 15) is 0 Å². The second-order valence-electron chi connectivity index (χ2n) is 0.849. The van der Waals surface area contributed by atoms with E-state index in [4.69, 9.17) is 0 Å². The van der Waals surface area contributed by atoms with Gasteiger partial charge in [-0.15, -0.1) is 6.07 Å². The molecular weight excluding hydrogens is 271 g/mol. The van der Waals surface area contributed by atoms with Crippen LogP contribution in [-0.4, -0.2) is 9.97 Å². The number of hydrogen-bond acceptors (Lipinski definition) is 2. The second-order valence-corrected chi connectivity index (χ2v) is 0.849. The average Bonchev–Trinajstić information content (AvgIpc) is 1.72. The Labute approximate surface area is 56.3 Å². The summed E-state index contributed by atoms with van der Waals surface area (Å²) in [6.07, 6.45) is 5.66. The molecule has 0 aliphatic rings. The Kier molecular flexibility index (Phi) is 3.81. The van der Waals surface area contributed by atoms with Crippen LogP contribution in [0.4, 0.5) is 0 Å². The summed E-state index contributed by atoms with van der Waals surface area (Å²) < 4.78 is 0. The van der Waals surface area contributed by atoms with Gasteiger partial charge in [-0.1, -0.05) is 12.4 Å². The fourth-order valence-electron chi connectivity index (χ4n) is 0.225. The van der Waals surface area contributed by atoms with E-state index in [-0.39, 0.29) is 21.1 Å². The van der Waals surface area contributed by atoms with Gasteiger partial charge >= 0.3 is 0 Å². The van der Waals surface area contributed by atoms with Crippen LogP contribution in [-0.2, 0) is 21.1 Å². The van der Waals surface area contributed by atoms with Gasteiger partial charge in [-0.25, -0.2) is 0 Å². The van der Waals surface area contributed by atoms with Crippen molar-refractivity contribution in [2.24, 2.45) is 0 Å². The first-order chi connectivity index (χ1) is 3.00. The molecule has 1 aromatic heterocycles. The van der Waals surface area contributed by atoms with Crippen LogP contribution in [0.25, 0.3) is 0 Å². The Balaban J connectivity index is 0.000000360. The van der Waals surface area contributed by atoms with Gasteiger partial charge < -0.3 is 9.97 Å². The van der Waals surface area contributed by atoms with Crippen molar-refractivity contribution in [3.63, 3.8) is 0 Å². The van der Waals surface area contributed by atoms with Gasteiger partial charge in [-0.3, -0.25) is 0 Å². The zero-order valence-electron chi connectivity index (χ0n) is 3.44. The molecule has 3 heteroatoms. The Morgan fingerprint density at radius 2 is 1.71 bits per heavy atom. The molecule has 40 valence electrons. The predicted molar refractivity (Wildman–Crippen MR) is 20.9 cm³/mol. The van der Waals surface area contributed by atoms with Crippen molar-refractivity contribution in [1.29, 1.82) is 0 Å². The fraction of sp³-hybridized carbons (Fsp3) is 0. The van der Waals surface area contributed by atoms with Gasteiger partial charge in [0, 0.05) is 27.4 Å². The van der Waals surface area contributed by atoms with Crippen LogP contribution in [0, 0.1) is 6.33 Å². The van der Waals surface area contributed by atoms with Crippen LogP contribution in [0.15, 0.2) is 18.5 Å². The van der Waals surface area contributed by atoms with Gasteiger partial charge in [0.25, 0.3) is 0 Å². The summed E-state index contributed by atoms with van der Waals surface area (Å²) in [4.78, 5) is 7.10. The molecule has 0 radical (unpaired) electrons. The SMILES string of the molecule is [Pt].[c-]1ncccn1. The number of hydrogen-bond donors (Lipinski definition) is 0. The second kappa shape index (κ2) is 3.94. The van der Waals surface area contributed by atoms with E-state index >= 15 is 0 Å². The number of aromatic nitrogens is 2. The quantitative estimate of drug-likeness (QED) is 0.635. The molecule has 0 unspecified atom stereocenters. The van der Waals surface area contributed by atoms with Crippen molar-refractivity contribution in [3.05, 3.63) is 24.8 Å². The summed E-state index contributed by atoms with van der Waals surface area (Å²) in [5.41, 5.74) is 0. The van der Waals surface area contributed by atoms with Crippen molar-refractivity contribution in [2.75, 3.05) is 0 Å². The summed E-state index contributed by atoms with van der Waals surface area (Å²) in [5, 5.41) is 0. The molecular formula is C4H3N2Pt-. The zero-order chi connectivity index (χ0) is 4.24. The first-order valence-corrected chi connectivity index (χ1v) is 1.63. The average molecular weight is 274 g/mol. The minimum Gasteiger partial charge on any atom is -0.374 e. The van der Waals surface area contributed by atoms with E-state index in [1.54, 1.807) is 18.5 Å². The third-order valence-electron chi connectivity index (χ3n) is 0.437. The van der Waals surface area contributed by atoms with E-state index in [0.29, 0.717) is 0 Å². The smallest absolute Gasteiger partial charge is 0.0213 e. The minimum atomic E-state index is 0. The van der Waals surface area contributed by atoms with Gasteiger partial charge in [0.05, 0.1) is 0 Å². The van der Waals surface area contributed by atoms with Crippen LogP contribution >= 0.6 is 0 Å². The molecule has 2 nitrogen and oxygen atoms in total. The van der Waals surface area contributed by atoms with E-state index in [1.807, 2.05) is 0 Å². The molecule has 0 fully saturated rings. The maximum Gasteiger partial charge on any atom is 0.0213 e. The van der Waals surface area contributed by atoms with E-state index in [2.05, 4.69) is 16.3 Å². The summed E-state index contributed by atoms with van der Waals surface area (Å²) in [7, 11) is 0. The molecule has 0 spiro atoms. The third kappa shape index (κ3) is 2.46. The molecule has 0 amide bonds. The minimum absolute atomic E-state index is 0. The van der Waals surface area contributed by atoms with Gasteiger partial charge in [0.1, 0.15) is 0 Å². The molecule has 1 rings (SSSR count). The first-order valence-electron chi connectivity index (χ1n) is 1.63. The normalized spacial score (nSPS) is 6.86. The Morgan fingerprint density at radius 3 is 1.86 bits per heavy atom. The molecule has 1 aromatic rings. The number of rotatable bonds is 0. The molecule has 0 saturated heterocycles. The molecule has 0 aliphatic heterocycles. The molecule has 1 heterocycles. The molecule has 0 aliphatic carbocycles. The van der Waals surface area contributed by atoms with Gasteiger partial charge in [-0.2, -0.15) is 0 Å². The number of nitrogens with zero attached hydrogens (tertiary/aromatic N) is 2. The topological polar surface area (TPSA) is 25.8 Å². The molecule has 0 bridgehead atoms. The Hall–Kier alpha value is -0.232. The van der Waals surface area contributed by atoms with E-state index in [1.165, 1.54) is 0 Å². The summed E-state index contributed by atoms with van der Waals surface area (Å²) in [6.45, 7) is 0. The van der Waals surface area contributed by atoms with Crippen LogP contribution in [0.5, 0.6) is 0 Å². The van der Waals surface area contributed by atoms with Gasteiger partial charge in [0.15, 0.2) is 0 Å². The molecule has 0 saturated carbocycles. The van der Waals surface area contributed by atoms with Crippen molar-refractivity contribution in [3.8, 4) is 0 Å². The maximum atomic E-state index is 3.55. The van der Waals surface area contributed by atoms with Crippen LogP contribution in [0.2, 0.25) is 0 Å². The molecule has 7 heavy (non-hydrogen) atoms. The van der Waals surface area contributed by atoms with E-state index < -0.39 is 0 Å². The summed E-state index contributed by atoms with van der Waals surface area (Å²) in [6, 6.07) is 1.75. The van der Waals surface area contributed by atoms with E-state index in [0.717, 1.165) is 0 Å². The van der Waals surface area contributed by atoms with Crippen molar-refractivity contribution >= 4 is 0 Å². The largest absolute Gasteiger partial charge is 0.374 e. The van der Waals surface area contributed by atoms with Crippen LogP contribution in [0.1, 0.15) is 0 Å². The standard InChI is InChI=1S/C4H3N2.Pt/c1-2-5-4-6-3-1;/h1-3H;/q-1;. The Bertz CT molecular complexity index is 81.6. The van der Waals surface area contributed by atoms with Crippen molar-refractivity contribution in [2.45, 2.75) is 0 Å². The molecule has 0 N–H and O–H groups in total. The summed E-state index contributed by atoms with van der Waals surface area (Å²) >= 11 is 0. The van der Waals surface area contributed by atoms with Gasteiger partial charge in [-0.05, 0) is 0 Å². The Morgan fingerprint density at radius 1 is 1.14 bits per heavy atom. The third-order valence-corrected chi connectivity index (χ3v) is 0.437. The van der Waals surface area contributed by atoms with Crippen LogP contribution in [0.3, 0.4) is 0 Å². The van der Waals surface area contributed by atoms with Crippen molar-refractivity contribution < 1.29 is 21.1 Å². The maximum absolute atomic E-state index is 3.55. The predicted octanol–water partition coefficient (Wildman–Crippen LogP) is 0.274.